The van der Waals surface area contributed by atoms with Crippen LogP contribution >= 0.6 is 0 Å². The lowest BCUT2D eigenvalue weighted by molar-refractivity contribution is 0.670. The zero-order chi connectivity index (χ0) is 41.7. The molecule has 2 aromatic heterocycles. The van der Waals surface area contributed by atoms with Crippen LogP contribution in [0.15, 0.2) is 229 Å². The lowest BCUT2D eigenvalue weighted by atomic mass is 9.96. The highest BCUT2D eigenvalue weighted by Gasteiger charge is 2.21. The zero-order valence-electron chi connectivity index (χ0n) is 34.1. The average molecular weight is 804 g/mol. The lowest BCUT2D eigenvalue weighted by Gasteiger charge is -2.13. The number of para-hydroxylation sites is 1. The molecule has 2 heterocycles. The van der Waals surface area contributed by atoms with E-state index in [2.05, 4.69) is 200 Å². The van der Waals surface area contributed by atoms with Gasteiger partial charge in [-0.05, 0) is 84.8 Å². The first kappa shape index (κ1) is 36.4. The van der Waals surface area contributed by atoms with E-state index in [9.17, 15) is 0 Å². The van der Waals surface area contributed by atoms with E-state index in [0.29, 0.717) is 17.5 Å². The number of benzene rings is 10. The first-order valence-electron chi connectivity index (χ1n) is 21.3. The molecule has 0 saturated carbocycles. The number of rotatable bonds is 7. The molecule has 0 N–H and O–H groups in total. The Kier molecular flexibility index (Phi) is 8.79. The molecule has 0 spiro atoms. The van der Waals surface area contributed by atoms with E-state index in [1.54, 1.807) is 0 Å². The third-order valence-electron chi connectivity index (χ3n) is 12.1. The quantitative estimate of drug-likeness (QED) is 0.151. The lowest BCUT2D eigenvalue weighted by Crippen LogP contribution is -2.01. The second-order valence-corrected chi connectivity index (χ2v) is 15.9. The smallest absolute Gasteiger partial charge is 0.164 e. The van der Waals surface area contributed by atoms with Gasteiger partial charge < -0.3 is 4.42 Å². The molecule has 4 heteroatoms. The van der Waals surface area contributed by atoms with Crippen molar-refractivity contribution in [3.63, 3.8) is 0 Å². The summed E-state index contributed by atoms with van der Waals surface area (Å²) < 4.78 is 6.80. The van der Waals surface area contributed by atoms with E-state index in [4.69, 9.17) is 19.4 Å². The summed E-state index contributed by atoms with van der Waals surface area (Å²) in [5.41, 5.74) is 13.4. The highest BCUT2D eigenvalue weighted by molar-refractivity contribution is 6.16. The minimum Gasteiger partial charge on any atom is -0.455 e. The topological polar surface area (TPSA) is 51.8 Å². The molecule has 0 saturated heterocycles. The van der Waals surface area contributed by atoms with Crippen molar-refractivity contribution in [3.05, 3.63) is 224 Å². The minimum absolute atomic E-state index is 0.580. The van der Waals surface area contributed by atoms with Gasteiger partial charge in [0.15, 0.2) is 17.5 Å². The maximum Gasteiger partial charge on any atom is 0.164 e. The van der Waals surface area contributed by atoms with Crippen LogP contribution in [0.2, 0.25) is 0 Å². The third-order valence-corrected chi connectivity index (χ3v) is 12.1. The highest BCUT2D eigenvalue weighted by Crippen LogP contribution is 2.42. The number of nitrogens with zero attached hydrogens (tertiary/aromatic N) is 3. The molecule has 0 atom stereocenters. The van der Waals surface area contributed by atoms with E-state index >= 15 is 0 Å². The number of hydrogen-bond donors (Lipinski definition) is 0. The molecule has 10 aromatic carbocycles. The summed E-state index contributed by atoms with van der Waals surface area (Å²) in [5, 5.41) is 6.53. The molecular weight excluding hydrogens is 767 g/mol. The molecule has 0 unspecified atom stereocenters. The van der Waals surface area contributed by atoms with E-state index in [1.165, 1.54) is 22.1 Å². The van der Waals surface area contributed by atoms with Crippen molar-refractivity contribution in [1.82, 2.24) is 15.0 Å². The Bertz CT molecular complexity index is 3670. The van der Waals surface area contributed by atoms with Gasteiger partial charge in [0.25, 0.3) is 0 Å². The zero-order valence-corrected chi connectivity index (χ0v) is 34.1. The van der Waals surface area contributed by atoms with Gasteiger partial charge >= 0.3 is 0 Å². The van der Waals surface area contributed by atoms with Crippen LogP contribution in [-0.4, -0.2) is 15.0 Å². The molecule has 12 rings (SSSR count). The maximum atomic E-state index is 6.80. The molecule has 294 valence electrons. The molecule has 0 bridgehead atoms. The standard InChI is InChI=1S/C59H37N3O/c1-3-15-38(16-4-1)42-20-11-21-43(35-42)40-31-33-41(34-32-40)57-60-58(62-59(61-57)53-37-46-19-7-8-24-47(46)49-25-9-10-26-50(49)53)52-29-14-30-54-55(52)51-28-13-27-48(56(51)63-54)45-23-12-22-44(36-45)39-17-5-2-6-18-39/h1-37H. The van der Waals surface area contributed by atoms with Crippen LogP contribution in [0.1, 0.15) is 0 Å². The average Bonchev–Trinajstić information content (AvgIpc) is 3.76. The van der Waals surface area contributed by atoms with Gasteiger partial charge in [0.05, 0.1) is 0 Å². The van der Waals surface area contributed by atoms with Crippen molar-refractivity contribution in [2.45, 2.75) is 0 Å². The van der Waals surface area contributed by atoms with Crippen molar-refractivity contribution in [2.75, 3.05) is 0 Å². The largest absolute Gasteiger partial charge is 0.455 e. The molecule has 0 aliphatic heterocycles. The van der Waals surface area contributed by atoms with Crippen LogP contribution in [0.25, 0.3) is 122 Å². The maximum absolute atomic E-state index is 6.80. The summed E-state index contributed by atoms with van der Waals surface area (Å²) in [6, 6.07) is 78.7. The van der Waals surface area contributed by atoms with E-state index in [1.807, 2.05) is 24.3 Å². The summed E-state index contributed by atoms with van der Waals surface area (Å²) in [7, 11) is 0. The van der Waals surface area contributed by atoms with Crippen molar-refractivity contribution in [2.24, 2.45) is 0 Å². The summed E-state index contributed by atoms with van der Waals surface area (Å²) in [5.74, 6) is 1.79. The van der Waals surface area contributed by atoms with Crippen molar-refractivity contribution >= 4 is 43.5 Å². The second kappa shape index (κ2) is 15.2. The fourth-order valence-corrected chi connectivity index (χ4v) is 9.06. The number of hydrogen-bond acceptors (Lipinski definition) is 4. The predicted molar refractivity (Wildman–Crippen MR) is 260 cm³/mol. The van der Waals surface area contributed by atoms with Crippen molar-refractivity contribution in [3.8, 4) is 78.7 Å². The summed E-state index contributed by atoms with van der Waals surface area (Å²) in [6.07, 6.45) is 0. The molecule has 0 aliphatic rings. The van der Waals surface area contributed by atoms with Crippen LogP contribution in [0.5, 0.6) is 0 Å². The van der Waals surface area contributed by atoms with Crippen LogP contribution in [0, 0.1) is 0 Å². The number of furan rings is 1. The SMILES string of the molecule is c1ccc(-c2cccc(-c3ccc(-c4nc(-c5cc6ccccc6c6ccccc56)nc(-c5cccc6oc7c(-c8cccc(-c9ccccc9)c8)cccc7c56)n4)cc3)c2)cc1. The predicted octanol–water partition coefficient (Wildman–Crippen LogP) is 15.7. The molecule has 0 fully saturated rings. The van der Waals surface area contributed by atoms with Gasteiger partial charge in [0.2, 0.25) is 0 Å². The Balaban J connectivity index is 1.03. The van der Waals surface area contributed by atoms with Gasteiger partial charge in [0, 0.05) is 33.0 Å². The van der Waals surface area contributed by atoms with Gasteiger partial charge in [-0.15, -0.1) is 0 Å². The number of aromatic nitrogens is 3. The Labute approximate surface area is 364 Å². The van der Waals surface area contributed by atoms with Gasteiger partial charge in [-0.3, -0.25) is 0 Å². The van der Waals surface area contributed by atoms with E-state index in [0.717, 1.165) is 82.6 Å². The van der Waals surface area contributed by atoms with Gasteiger partial charge in [-0.2, -0.15) is 0 Å². The molecule has 12 aromatic rings. The van der Waals surface area contributed by atoms with Gasteiger partial charge in [-0.1, -0.05) is 200 Å². The molecule has 63 heavy (non-hydrogen) atoms. The Morgan fingerprint density at radius 1 is 0.270 bits per heavy atom. The van der Waals surface area contributed by atoms with Crippen LogP contribution in [-0.2, 0) is 0 Å². The Morgan fingerprint density at radius 2 is 0.746 bits per heavy atom. The first-order valence-corrected chi connectivity index (χ1v) is 21.3. The van der Waals surface area contributed by atoms with Gasteiger partial charge in [-0.25, -0.2) is 15.0 Å². The van der Waals surface area contributed by atoms with Gasteiger partial charge in [0.1, 0.15) is 11.2 Å². The molecule has 4 nitrogen and oxygen atoms in total. The summed E-state index contributed by atoms with van der Waals surface area (Å²) in [6.45, 7) is 0. The Morgan fingerprint density at radius 3 is 1.46 bits per heavy atom. The van der Waals surface area contributed by atoms with Crippen LogP contribution < -0.4 is 0 Å². The van der Waals surface area contributed by atoms with Crippen LogP contribution in [0.3, 0.4) is 0 Å². The second-order valence-electron chi connectivity index (χ2n) is 15.9. The third kappa shape index (κ3) is 6.53. The summed E-state index contributed by atoms with van der Waals surface area (Å²) in [4.78, 5) is 15.9. The monoisotopic (exact) mass is 803 g/mol. The Hall–Kier alpha value is -8.47. The number of fused-ring (bicyclic) bond motifs is 6. The van der Waals surface area contributed by atoms with E-state index < -0.39 is 0 Å². The fourth-order valence-electron chi connectivity index (χ4n) is 9.06. The fraction of sp³-hybridized carbons (Fsp3) is 0. The summed E-state index contributed by atoms with van der Waals surface area (Å²) >= 11 is 0. The highest BCUT2D eigenvalue weighted by atomic mass is 16.3. The van der Waals surface area contributed by atoms with E-state index in [-0.39, 0.29) is 0 Å². The minimum atomic E-state index is 0.580. The first-order chi connectivity index (χ1) is 31.2. The molecule has 0 amide bonds. The van der Waals surface area contributed by atoms with Crippen LogP contribution in [0.4, 0.5) is 0 Å². The molecular formula is C59H37N3O. The molecule has 0 aliphatic carbocycles. The van der Waals surface area contributed by atoms with Crippen molar-refractivity contribution < 1.29 is 4.42 Å². The molecule has 0 radical (unpaired) electrons. The normalized spacial score (nSPS) is 11.5. The van der Waals surface area contributed by atoms with Crippen molar-refractivity contribution in [1.29, 1.82) is 0 Å².